The lowest BCUT2D eigenvalue weighted by molar-refractivity contribution is -0.122. The van der Waals surface area contributed by atoms with Crippen LogP contribution < -0.4 is 10.6 Å². The maximum absolute atomic E-state index is 5.93. The van der Waals surface area contributed by atoms with Gasteiger partial charge in [0.2, 0.25) is 0 Å². The van der Waals surface area contributed by atoms with Crippen molar-refractivity contribution in [2.24, 2.45) is 4.99 Å². The van der Waals surface area contributed by atoms with Gasteiger partial charge >= 0.3 is 0 Å². The zero-order chi connectivity index (χ0) is 15.5. The van der Waals surface area contributed by atoms with E-state index in [0.29, 0.717) is 0 Å². The molecule has 0 atom stereocenters. The van der Waals surface area contributed by atoms with Gasteiger partial charge in [-0.1, -0.05) is 19.3 Å². The Morgan fingerprint density at radius 3 is 2.73 bits per heavy atom. The van der Waals surface area contributed by atoms with Crippen molar-refractivity contribution < 1.29 is 4.74 Å². The van der Waals surface area contributed by atoms with Crippen LogP contribution in [0.5, 0.6) is 0 Å². The molecular formula is C17H32N4O. The molecule has 1 aliphatic carbocycles. The summed E-state index contributed by atoms with van der Waals surface area (Å²) in [7, 11) is 0. The van der Waals surface area contributed by atoms with E-state index < -0.39 is 0 Å². The Bertz CT molecular complexity index is 401. The molecule has 2 aliphatic heterocycles. The van der Waals surface area contributed by atoms with Gasteiger partial charge in [0.1, 0.15) is 0 Å². The van der Waals surface area contributed by atoms with E-state index in [1.54, 1.807) is 0 Å². The first-order valence-electron chi connectivity index (χ1n) is 9.01. The predicted molar refractivity (Wildman–Crippen MR) is 90.3 cm³/mol. The maximum atomic E-state index is 5.93. The van der Waals surface area contributed by atoms with Gasteiger partial charge < -0.3 is 15.4 Å². The van der Waals surface area contributed by atoms with Gasteiger partial charge in [-0.3, -0.25) is 9.89 Å². The van der Waals surface area contributed by atoms with E-state index in [-0.39, 0.29) is 11.1 Å². The van der Waals surface area contributed by atoms with Gasteiger partial charge in [-0.25, -0.2) is 0 Å². The van der Waals surface area contributed by atoms with Crippen molar-refractivity contribution in [1.29, 1.82) is 0 Å². The average Bonchev–Trinajstić information content (AvgIpc) is 2.54. The predicted octanol–water partition coefficient (Wildman–Crippen LogP) is 1.74. The molecule has 126 valence electrons. The van der Waals surface area contributed by atoms with Crippen LogP contribution in [-0.2, 0) is 4.74 Å². The van der Waals surface area contributed by atoms with Crippen molar-refractivity contribution in [3.63, 3.8) is 0 Å². The number of ether oxygens (including phenoxy) is 1. The summed E-state index contributed by atoms with van der Waals surface area (Å²) in [5.74, 6) is 1.00. The number of nitrogens with zero attached hydrogens (tertiary/aromatic N) is 2. The molecule has 0 aromatic rings. The molecule has 3 rings (SSSR count). The molecule has 0 aromatic carbocycles. The van der Waals surface area contributed by atoms with Gasteiger partial charge in [0.25, 0.3) is 0 Å². The lowest BCUT2D eigenvalue weighted by atomic mass is 9.79. The molecule has 5 heteroatoms. The van der Waals surface area contributed by atoms with Crippen LogP contribution in [-0.4, -0.2) is 61.3 Å². The summed E-state index contributed by atoms with van der Waals surface area (Å²) < 4.78 is 5.93. The minimum absolute atomic E-state index is 0.0245. The Morgan fingerprint density at radius 2 is 2.05 bits per heavy atom. The smallest absolute Gasteiger partial charge is 0.191 e. The van der Waals surface area contributed by atoms with E-state index in [0.717, 1.165) is 51.7 Å². The molecule has 0 aromatic heterocycles. The summed E-state index contributed by atoms with van der Waals surface area (Å²) in [6.07, 6.45) is 7.81. The van der Waals surface area contributed by atoms with E-state index in [4.69, 9.17) is 4.74 Å². The van der Waals surface area contributed by atoms with E-state index in [1.165, 1.54) is 32.1 Å². The molecule has 1 saturated heterocycles. The zero-order valence-corrected chi connectivity index (χ0v) is 14.3. The second-order valence-electron chi connectivity index (χ2n) is 7.68. The van der Waals surface area contributed by atoms with Crippen molar-refractivity contribution >= 4 is 5.96 Å². The second-order valence-corrected chi connectivity index (χ2v) is 7.68. The molecule has 0 radical (unpaired) electrons. The standard InChI is InChI=1S/C17H32N4O/c1-16(2)14-21(11-12-22-16)17(7-4-3-5-8-17)13-20-15-18-9-6-10-19-15/h3-14H2,1-2H3,(H2,18,19,20). The molecule has 0 bridgehead atoms. The molecule has 1 saturated carbocycles. The molecule has 0 spiro atoms. The highest BCUT2D eigenvalue weighted by molar-refractivity contribution is 5.80. The number of aliphatic imine (C=N–C) groups is 1. The highest BCUT2D eigenvalue weighted by atomic mass is 16.5. The Labute approximate surface area is 134 Å². The quantitative estimate of drug-likeness (QED) is 0.834. The summed E-state index contributed by atoms with van der Waals surface area (Å²) in [5, 5.41) is 7.00. The molecule has 5 nitrogen and oxygen atoms in total. The van der Waals surface area contributed by atoms with E-state index in [2.05, 4.69) is 34.4 Å². The molecule has 2 heterocycles. The van der Waals surface area contributed by atoms with Crippen LogP contribution >= 0.6 is 0 Å². The molecule has 0 amide bonds. The van der Waals surface area contributed by atoms with Crippen LogP contribution in [0.3, 0.4) is 0 Å². The first-order valence-corrected chi connectivity index (χ1v) is 9.01. The summed E-state index contributed by atoms with van der Waals surface area (Å²) in [4.78, 5) is 7.27. The van der Waals surface area contributed by atoms with Crippen LogP contribution in [0.15, 0.2) is 4.99 Å². The number of morpholine rings is 1. The highest BCUT2D eigenvalue weighted by Gasteiger charge is 2.42. The van der Waals surface area contributed by atoms with Crippen molar-refractivity contribution in [2.75, 3.05) is 39.3 Å². The van der Waals surface area contributed by atoms with Gasteiger partial charge in [0, 0.05) is 38.3 Å². The average molecular weight is 308 g/mol. The number of guanidine groups is 1. The number of hydrogen-bond acceptors (Lipinski definition) is 5. The van der Waals surface area contributed by atoms with Gasteiger partial charge in [-0.15, -0.1) is 0 Å². The van der Waals surface area contributed by atoms with E-state index in [1.807, 2.05) is 0 Å². The Hall–Kier alpha value is -0.810. The third kappa shape index (κ3) is 3.74. The van der Waals surface area contributed by atoms with Crippen molar-refractivity contribution in [2.45, 2.75) is 63.5 Å². The third-order valence-electron chi connectivity index (χ3n) is 5.36. The third-order valence-corrected chi connectivity index (χ3v) is 5.36. The summed E-state index contributed by atoms with van der Waals surface area (Å²) in [6.45, 7) is 10.4. The fourth-order valence-electron chi connectivity index (χ4n) is 4.14. The Morgan fingerprint density at radius 1 is 1.23 bits per heavy atom. The normalized spacial score (nSPS) is 28.5. The molecule has 0 unspecified atom stereocenters. The molecule has 22 heavy (non-hydrogen) atoms. The van der Waals surface area contributed by atoms with Crippen LogP contribution in [0.25, 0.3) is 0 Å². The summed E-state index contributed by atoms with van der Waals surface area (Å²) in [5.41, 5.74) is 0.254. The van der Waals surface area contributed by atoms with Crippen LogP contribution in [0.4, 0.5) is 0 Å². The Kier molecular flexibility index (Phi) is 4.93. The van der Waals surface area contributed by atoms with Crippen LogP contribution in [0.2, 0.25) is 0 Å². The van der Waals surface area contributed by atoms with E-state index in [9.17, 15) is 0 Å². The number of rotatable bonds is 3. The fourth-order valence-corrected chi connectivity index (χ4v) is 4.14. The molecular weight excluding hydrogens is 276 g/mol. The monoisotopic (exact) mass is 308 g/mol. The number of nitrogens with one attached hydrogen (secondary N) is 2. The first-order chi connectivity index (χ1) is 10.6. The first kappa shape index (κ1) is 16.1. The van der Waals surface area contributed by atoms with E-state index >= 15 is 0 Å². The van der Waals surface area contributed by atoms with Crippen molar-refractivity contribution in [3.8, 4) is 0 Å². The largest absolute Gasteiger partial charge is 0.373 e. The summed E-state index contributed by atoms with van der Waals surface area (Å²) in [6, 6.07) is 0. The molecule has 2 N–H and O–H groups in total. The number of hydrogen-bond donors (Lipinski definition) is 2. The topological polar surface area (TPSA) is 48.9 Å². The fraction of sp³-hybridized carbons (Fsp3) is 0.941. The minimum Gasteiger partial charge on any atom is -0.373 e. The van der Waals surface area contributed by atoms with Crippen molar-refractivity contribution in [3.05, 3.63) is 0 Å². The van der Waals surface area contributed by atoms with Gasteiger partial charge in [-0.05, 0) is 33.1 Å². The molecule has 3 aliphatic rings. The SMILES string of the molecule is CC1(C)CN(C2(CNC3=NCCCN3)CCCCC2)CCO1. The van der Waals surface area contributed by atoms with Gasteiger partial charge in [0.15, 0.2) is 5.96 Å². The minimum atomic E-state index is -0.0245. The molecule has 2 fully saturated rings. The van der Waals surface area contributed by atoms with Gasteiger partial charge in [0.05, 0.1) is 12.2 Å². The summed E-state index contributed by atoms with van der Waals surface area (Å²) >= 11 is 0. The lowest BCUT2D eigenvalue weighted by Gasteiger charge is -2.51. The van der Waals surface area contributed by atoms with Crippen molar-refractivity contribution in [1.82, 2.24) is 15.5 Å². The second kappa shape index (κ2) is 6.75. The zero-order valence-electron chi connectivity index (χ0n) is 14.3. The Balaban J connectivity index is 1.68. The lowest BCUT2D eigenvalue weighted by Crippen LogP contribution is -2.63. The van der Waals surface area contributed by atoms with Crippen LogP contribution in [0.1, 0.15) is 52.4 Å². The van der Waals surface area contributed by atoms with Gasteiger partial charge in [-0.2, -0.15) is 0 Å². The highest BCUT2D eigenvalue weighted by Crippen LogP contribution is 2.35. The van der Waals surface area contributed by atoms with Crippen LogP contribution in [0, 0.1) is 0 Å². The maximum Gasteiger partial charge on any atom is 0.191 e.